The van der Waals surface area contributed by atoms with Gasteiger partial charge in [0.2, 0.25) is 0 Å². The number of ether oxygens (including phenoxy) is 2. The highest BCUT2D eigenvalue weighted by Gasteiger charge is 2.11. The van der Waals surface area contributed by atoms with Crippen LogP contribution in [0.15, 0.2) is 24.5 Å². The van der Waals surface area contributed by atoms with Gasteiger partial charge in [0.25, 0.3) is 0 Å². The number of imidazole rings is 1. The van der Waals surface area contributed by atoms with Crippen LogP contribution in [0.4, 0.5) is 0 Å². The van der Waals surface area contributed by atoms with E-state index in [4.69, 9.17) is 9.47 Å². The smallest absolute Gasteiger partial charge is 0.145 e. The van der Waals surface area contributed by atoms with Crippen LogP contribution in [0.1, 0.15) is 46.5 Å². The summed E-state index contributed by atoms with van der Waals surface area (Å²) in [6, 6.07) is 6.16. The molecular weight excluding hydrogens is 326 g/mol. The van der Waals surface area contributed by atoms with Gasteiger partial charge in [-0.15, -0.1) is 0 Å². The van der Waals surface area contributed by atoms with Gasteiger partial charge in [-0.25, -0.2) is 4.98 Å². The second kappa shape index (κ2) is 11.9. The third-order valence-electron chi connectivity index (χ3n) is 4.58. The summed E-state index contributed by atoms with van der Waals surface area (Å²) in [5.41, 5.74) is 2.16. The number of nitrogens with zero attached hydrogens (tertiary/aromatic N) is 3. The Morgan fingerprint density at radius 2 is 1.88 bits per heavy atom. The number of morpholine rings is 1. The first-order valence-corrected chi connectivity index (χ1v) is 10.2. The molecule has 0 aliphatic carbocycles. The lowest BCUT2D eigenvalue weighted by Crippen LogP contribution is -2.37. The molecule has 1 aromatic carbocycles. The third-order valence-corrected chi connectivity index (χ3v) is 4.58. The second-order valence-corrected chi connectivity index (χ2v) is 6.42. The van der Waals surface area contributed by atoms with Gasteiger partial charge in [-0.05, 0) is 25.0 Å². The molecule has 1 fully saturated rings. The molecule has 146 valence electrons. The quantitative estimate of drug-likeness (QED) is 0.622. The second-order valence-electron chi connectivity index (χ2n) is 6.42. The number of fused-ring (bicyclic) bond motifs is 1. The van der Waals surface area contributed by atoms with E-state index in [0.717, 1.165) is 69.2 Å². The first-order chi connectivity index (χ1) is 12.9. The number of rotatable bonds is 9. The van der Waals surface area contributed by atoms with Crippen molar-refractivity contribution in [3.63, 3.8) is 0 Å². The van der Waals surface area contributed by atoms with Crippen molar-refractivity contribution in [2.24, 2.45) is 0 Å². The molecule has 1 aliphatic rings. The fraction of sp³-hybridized carbons (Fsp3) is 0.667. The summed E-state index contributed by atoms with van der Waals surface area (Å²) in [5.74, 6) is 0.962. The molecule has 0 unspecified atom stereocenters. The molecule has 26 heavy (non-hydrogen) atoms. The van der Waals surface area contributed by atoms with E-state index >= 15 is 0 Å². The Kier molecular flexibility index (Phi) is 9.50. The van der Waals surface area contributed by atoms with Crippen LogP contribution < -0.4 is 4.74 Å². The van der Waals surface area contributed by atoms with Crippen LogP contribution in [0.5, 0.6) is 5.75 Å². The fourth-order valence-electron chi connectivity index (χ4n) is 3.21. The number of para-hydroxylation sites is 1. The van der Waals surface area contributed by atoms with E-state index in [2.05, 4.69) is 33.5 Å². The molecule has 2 aromatic rings. The number of aryl methyl sites for hydroxylation is 1. The molecule has 0 N–H and O–H groups in total. The molecule has 0 saturated carbocycles. The van der Waals surface area contributed by atoms with Crippen LogP contribution in [0.3, 0.4) is 0 Å². The molecule has 5 heteroatoms. The van der Waals surface area contributed by atoms with Gasteiger partial charge in [0, 0.05) is 26.2 Å². The minimum Gasteiger partial charge on any atom is -0.491 e. The van der Waals surface area contributed by atoms with Crippen molar-refractivity contribution in [1.29, 1.82) is 0 Å². The molecule has 0 atom stereocenters. The summed E-state index contributed by atoms with van der Waals surface area (Å²) in [5, 5.41) is 0. The molecule has 0 amide bonds. The summed E-state index contributed by atoms with van der Waals surface area (Å²) >= 11 is 0. The Hall–Kier alpha value is -1.59. The summed E-state index contributed by atoms with van der Waals surface area (Å²) in [7, 11) is 0. The monoisotopic (exact) mass is 361 g/mol. The van der Waals surface area contributed by atoms with E-state index in [1.807, 2.05) is 26.2 Å². The number of hydrogen-bond donors (Lipinski definition) is 0. The van der Waals surface area contributed by atoms with Gasteiger partial charge in [-0.1, -0.05) is 39.7 Å². The topological polar surface area (TPSA) is 39.5 Å². The molecule has 5 nitrogen and oxygen atoms in total. The van der Waals surface area contributed by atoms with E-state index in [9.17, 15) is 0 Å². The van der Waals surface area contributed by atoms with Crippen LogP contribution in [-0.2, 0) is 11.3 Å². The predicted molar refractivity (Wildman–Crippen MR) is 108 cm³/mol. The van der Waals surface area contributed by atoms with Crippen LogP contribution in [-0.4, -0.2) is 53.9 Å². The van der Waals surface area contributed by atoms with Gasteiger partial charge < -0.3 is 14.0 Å². The zero-order valence-electron chi connectivity index (χ0n) is 16.7. The number of benzene rings is 1. The van der Waals surface area contributed by atoms with Crippen molar-refractivity contribution in [2.75, 3.05) is 39.5 Å². The zero-order valence-corrected chi connectivity index (χ0v) is 16.7. The zero-order chi connectivity index (χ0) is 18.6. The van der Waals surface area contributed by atoms with Crippen LogP contribution in [0, 0.1) is 0 Å². The van der Waals surface area contributed by atoms with E-state index in [-0.39, 0.29) is 0 Å². The fourth-order valence-corrected chi connectivity index (χ4v) is 3.21. The van der Waals surface area contributed by atoms with Crippen molar-refractivity contribution in [2.45, 2.75) is 53.0 Å². The van der Waals surface area contributed by atoms with Crippen molar-refractivity contribution in [3.8, 4) is 5.75 Å². The maximum absolute atomic E-state index is 6.10. The highest BCUT2D eigenvalue weighted by Crippen LogP contribution is 2.25. The number of unbranched alkanes of at least 4 members (excludes halogenated alkanes) is 2. The highest BCUT2D eigenvalue weighted by molar-refractivity contribution is 5.82. The summed E-state index contributed by atoms with van der Waals surface area (Å²) in [4.78, 5) is 6.97. The molecule has 0 bridgehead atoms. The van der Waals surface area contributed by atoms with Gasteiger partial charge in [-0.3, -0.25) is 4.90 Å². The average molecular weight is 362 g/mol. The summed E-state index contributed by atoms with van der Waals surface area (Å²) in [6.45, 7) is 12.9. The van der Waals surface area contributed by atoms with Crippen LogP contribution in [0.2, 0.25) is 0 Å². The van der Waals surface area contributed by atoms with Crippen molar-refractivity contribution >= 4 is 11.0 Å². The molecule has 2 heterocycles. The maximum atomic E-state index is 6.10. The van der Waals surface area contributed by atoms with Gasteiger partial charge in [0.15, 0.2) is 0 Å². The number of hydrogen-bond acceptors (Lipinski definition) is 4. The van der Waals surface area contributed by atoms with E-state index in [0.29, 0.717) is 0 Å². The van der Waals surface area contributed by atoms with E-state index in [1.54, 1.807) is 0 Å². The highest BCUT2D eigenvalue weighted by atomic mass is 16.5. The minimum absolute atomic E-state index is 0.747. The van der Waals surface area contributed by atoms with Gasteiger partial charge >= 0.3 is 0 Å². The molecular formula is C21H35N3O2. The number of aromatic nitrogens is 2. The Bertz CT molecular complexity index is 621. The standard InChI is InChI=1S/C19H29N3O2.C2H6/c1-2-3-4-10-22-16-20-17-7-5-8-18(19(17)22)24-13-6-9-21-11-14-23-15-12-21;1-2/h5,7-8,16H,2-4,6,9-15H2,1H3;1-2H3. The third kappa shape index (κ3) is 5.99. The molecule has 3 rings (SSSR count). The Balaban J connectivity index is 0.00000117. The van der Waals surface area contributed by atoms with E-state index < -0.39 is 0 Å². The largest absolute Gasteiger partial charge is 0.491 e. The lowest BCUT2D eigenvalue weighted by atomic mass is 10.2. The first-order valence-electron chi connectivity index (χ1n) is 10.2. The van der Waals surface area contributed by atoms with Crippen molar-refractivity contribution < 1.29 is 9.47 Å². The normalized spacial score (nSPS) is 14.9. The molecule has 1 aliphatic heterocycles. The first kappa shape index (κ1) is 20.7. The van der Waals surface area contributed by atoms with E-state index in [1.165, 1.54) is 19.3 Å². The maximum Gasteiger partial charge on any atom is 0.145 e. The molecule has 0 radical (unpaired) electrons. The summed E-state index contributed by atoms with van der Waals surface area (Å²) < 4.78 is 13.7. The lowest BCUT2D eigenvalue weighted by molar-refractivity contribution is 0.0358. The molecule has 0 spiro atoms. The Morgan fingerprint density at radius 1 is 1.08 bits per heavy atom. The van der Waals surface area contributed by atoms with Crippen LogP contribution >= 0.6 is 0 Å². The Morgan fingerprint density at radius 3 is 2.65 bits per heavy atom. The Labute approximate surface area is 158 Å². The SMILES string of the molecule is CC.CCCCCn1cnc2cccc(OCCCN3CCOCC3)c21. The van der Waals surface area contributed by atoms with Crippen molar-refractivity contribution in [1.82, 2.24) is 14.5 Å². The predicted octanol–water partition coefficient (Wildman–Crippen LogP) is 4.35. The average Bonchev–Trinajstić information content (AvgIpc) is 3.12. The van der Waals surface area contributed by atoms with Gasteiger partial charge in [0.05, 0.1) is 31.7 Å². The summed E-state index contributed by atoms with van der Waals surface area (Å²) in [6.07, 6.45) is 6.66. The molecule has 1 aromatic heterocycles. The van der Waals surface area contributed by atoms with Gasteiger partial charge in [-0.2, -0.15) is 0 Å². The molecule has 1 saturated heterocycles. The van der Waals surface area contributed by atoms with Crippen LogP contribution in [0.25, 0.3) is 11.0 Å². The van der Waals surface area contributed by atoms with Crippen molar-refractivity contribution in [3.05, 3.63) is 24.5 Å². The van der Waals surface area contributed by atoms with Gasteiger partial charge in [0.1, 0.15) is 11.3 Å². The lowest BCUT2D eigenvalue weighted by Gasteiger charge is -2.26. The minimum atomic E-state index is 0.747.